The maximum Gasteiger partial charge on any atom is 0.272 e. The fourth-order valence-corrected chi connectivity index (χ4v) is 3.30. The highest BCUT2D eigenvalue weighted by molar-refractivity contribution is 6.31. The molecule has 0 spiro atoms. The predicted molar refractivity (Wildman–Crippen MR) is 138 cm³/mol. The third kappa shape index (κ3) is 7.57. The average molecular weight is 483 g/mol. The number of carbonyl (C=O) groups is 2. The molecule has 0 saturated heterocycles. The number of nitrogens with zero attached hydrogens (tertiary/aromatic N) is 2. The number of ether oxygens (including phenoxy) is 1. The number of halogens is 1. The number of carbonyl (C=O) groups excluding carboxylic acids is 2. The number of nitrogens with one attached hydrogen (secondary N) is 2. The average Bonchev–Trinajstić information content (AvgIpc) is 3.34. The van der Waals surface area contributed by atoms with Gasteiger partial charge in [-0.15, -0.1) is 0 Å². The number of rotatable bonds is 13. The number of likely N-dealkylation sites (N-methyl/N-ethyl adjacent to an activating group) is 1. The molecule has 1 heterocycles. The van der Waals surface area contributed by atoms with Crippen LogP contribution in [0.1, 0.15) is 40.5 Å². The van der Waals surface area contributed by atoms with Crippen molar-refractivity contribution in [1.29, 1.82) is 0 Å². The van der Waals surface area contributed by atoms with E-state index in [-0.39, 0.29) is 28.8 Å². The molecule has 2 aromatic rings. The van der Waals surface area contributed by atoms with E-state index in [0.717, 1.165) is 5.69 Å². The first-order valence-corrected chi connectivity index (χ1v) is 11.4. The van der Waals surface area contributed by atoms with Crippen molar-refractivity contribution in [2.24, 2.45) is 0 Å². The van der Waals surface area contributed by atoms with Gasteiger partial charge in [0.1, 0.15) is 5.69 Å². The van der Waals surface area contributed by atoms with Crippen molar-refractivity contribution in [3.63, 3.8) is 0 Å². The van der Waals surface area contributed by atoms with E-state index in [1.54, 1.807) is 24.2 Å². The Morgan fingerprint density at radius 2 is 2.09 bits per heavy atom. The zero-order chi connectivity index (χ0) is 24.9. The van der Waals surface area contributed by atoms with Gasteiger partial charge in [-0.1, -0.05) is 54.6 Å². The maximum atomic E-state index is 13.0. The van der Waals surface area contributed by atoms with Crippen molar-refractivity contribution in [2.45, 2.75) is 13.8 Å². The van der Waals surface area contributed by atoms with Gasteiger partial charge in [0.15, 0.2) is 5.82 Å². The minimum absolute atomic E-state index is 0.0644. The van der Waals surface area contributed by atoms with Crippen molar-refractivity contribution < 1.29 is 14.3 Å². The number of imidazole rings is 1. The van der Waals surface area contributed by atoms with Gasteiger partial charge in [-0.05, 0) is 32.1 Å². The largest absolute Gasteiger partial charge is 0.383 e. The molecule has 7 nitrogen and oxygen atoms in total. The Kier molecular flexibility index (Phi) is 11.0. The molecule has 2 N–H and O–H groups in total. The van der Waals surface area contributed by atoms with Crippen LogP contribution in [0.2, 0.25) is 0 Å². The lowest BCUT2D eigenvalue weighted by Crippen LogP contribution is -2.34. The molecule has 1 aromatic carbocycles. The van der Waals surface area contributed by atoms with E-state index in [4.69, 9.17) is 16.3 Å². The minimum atomic E-state index is -0.384. The molecule has 0 unspecified atom stereocenters. The number of methoxy groups -OCH3 is 1. The highest BCUT2D eigenvalue weighted by Gasteiger charge is 2.21. The van der Waals surface area contributed by atoms with Gasteiger partial charge >= 0.3 is 0 Å². The minimum Gasteiger partial charge on any atom is -0.383 e. The SMILES string of the molecule is C=C(C(=O)c1ncc(C(=O)N(CC)CCOC)[nH]1)c1ccccc1NC/C=C/C=C(Cl)\C=C/C. The predicted octanol–water partition coefficient (Wildman–Crippen LogP) is 5.08. The van der Waals surface area contributed by atoms with Crippen LogP contribution in [-0.4, -0.2) is 59.9 Å². The molecule has 0 bridgehead atoms. The topological polar surface area (TPSA) is 87.3 Å². The van der Waals surface area contributed by atoms with Gasteiger partial charge in [0.25, 0.3) is 5.91 Å². The number of H-pyrrole nitrogens is 1. The molecule has 0 aliphatic carbocycles. The Morgan fingerprint density at radius 3 is 2.79 bits per heavy atom. The van der Waals surface area contributed by atoms with Gasteiger partial charge in [0, 0.05) is 48.6 Å². The number of aromatic amines is 1. The van der Waals surface area contributed by atoms with Gasteiger partial charge in [-0.3, -0.25) is 9.59 Å². The van der Waals surface area contributed by atoms with Gasteiger partial charge in [0.05, 0.1) is 12.8 Å². The quantitative estimate of drug-likeness (QED) is 0.236. The van der Waals surface area contributed by atoms with E-state index in [1.807, 2.05) is 56.3 Å². The maximum absolute atomic E-state index is 13.0. The molecule has 0 atom stereocenters. The summed E-state index contributed by atoms with van der Waals surface area (Å²) < 4.78 is 5.05. The molecule has 1 aromatic heterocycles. The number of aromatic nitrogens is 2. The van der Waals surface area contributed by atoms with E-state index in [2.05, 4.69) is 21.9 Å². The fourth-order valence-electron chi connectivity index (χ4n) is 3.10. The van der Waals surface area contributed by atoms with Crippen LogP contribution < -0.4 is 5.32 Å². The highest BCUT2D eigenvalue weighted by Crippen LogP contribution is 2.25. The summed E-state index contributed by atoms with van der Waals surface area (Å²) in [7, 11) is 1.58. The number of Topliss-reactive ketones (excluding diaryl/α,β-unsaturated/α-hetero) is 1. The van der Waals surface area contributed by atoms with Crippen LogP contribution in [-0.2, 0) is 4.74 Å². The van der Waals surface area contributed by atoms with Crippen molar-refractivity contribution in [3.8, 4) is 0 Å². The van der Waals surface area contributed by atoms with Gasteiger partial charge in [-0.25, -0.2) is 4.98 Å². The molecular formula is C26H31ClN4O3. The molecule has 1 amide bonds. The molecule has 0 fully saturated rings. The van der Waals surface area contributed by atoms with Crippen LogP contribution in [0.5, 0.6) is 0 Å². The zero-order valence-electron chi connectivity index (χ0n) is 19.8. The zero-order valence-corrected chi connectivity index (χ0v) is 20.6. The first-order valence-electron chi connectivity index (χ1n) is 11.0. The van der Waals surface area contributed by atoms with Crippen molar-refractivity contribution in [3.05, 3.63) is 89.5 Å². The summed E-state index contributed by atoms with van der Waals surface area (Å²) in [5.74, 6) is -0.561. The summed E-state index contributed by atoms with van der Waals surface area (Å²) in [5, 5.41) is 3.91. The van der Waals surface area contributed by atoms with E-state index < -0.39 is 0 Å². The number of para-hydroxylation sites is 1. The summed E-state index contributed by atoms with van der Waals surface area (Å²) in [5.41, 5.74) is 1.93. The Bertz CT molecular complexity index is 1090. The summed E-state index contributed by atoms with van der Waals surface area (Å²) >= 11 is 6.02. The number of hydrogen-bond acceptors (Lipinski definition) is 5. The van der Waals surface area contributed by atoms with Crippen LogP contribution in [0.25, 0.3) is 5.57 Å². The van der Waals surface area contributed by atoms with E-state index in [0.29, 0.717) is 36.8 Å². The smallest absolute Gasteiger partial charge is 0.272 e. The first-order chi connectivity index (χ1) is 16.4. The first kappa shape index (κ1) is 26.8. The van der Waals surface area contributed by atoms with Crippen molar-refractivity contribution in [1.82, 2.24) is 14.9 Å². The van der Waals surface area contributed by atoms with E-state index >= 15 is 0 Å². The van der Waals surface area contributed by atoms with Gasteiger partial charge in [0.2, 0.25) is 5.78 Å². The lowest BCUT2D eigenvalue weighted by molar-refractivity contribution is 0.0701. The Balaban J connectivity index is 2.11. The number of ketones is 1. The van der Waals surface area contributed by atoms with E-state index in [9.17, 15) is 9.59 Å². The Hall–Kier alpha value is -3.42. The monoisotopic (exact) mass is 482 g/mol. The molecule has 0 aliphatic heterocycles. The third-order valence-corrected chi connectivity index (χ3v) is 5.16. The molecular weight excluding hydrogens is 452 g/mol. The molecule has 8 heteroatoms. The number of amides is 1. The van der Waals surface area contributed by atoms with Crippen molar-refractivity contribution in [2.75, 3.05) is 38.7 Å². The second kappa shape index (κ2) is 14.0. The van der Waals surface area contributed by atoms with Crippen LogP contribution >= 0.6 is 11.6 Å². The van der Waals surface area contributed by atoms with Crippen LogP contribution in [0.3, 0.4) is 0 Å². The summed E-state index contributed by atoms with van der Waals surface area (Å²) in [4.78, 5) is 34.3. The fraction of sp³-hybridized carbons (Fsp3) is 0.269. The Labute approximate surface area is 205 Å². The molecule has 0 saturated carbocycles. The number of benzene rings is 1. The summed E-state index contributed by atoms with van der Waals surface area (Å²) in [6, 6.07) is 7.39. The van der Waals surface area contributed by atoms with Gasteiger partial charge in [-0.2, -0.15) is 0 Å². The lowest BCUT2D eigenvalue weighted by atomic mass is 10.0. The standard InChI is InChI=1S/C26H31ClN4O3/c1-5-11-20(27)12-9-10-15-28-22-14-8-7-13-21(22)19(3)24(32)25-29-18-23(30-25)26(33)31(6-2)16-17-34-4/h5,7-14,18,28H,3,6,15-17H2,1-2,4H3,(H,29,30)/b10-9+,11-5-,20-12+. The third-order valence-electron chi connectivity index (χ3n) is 4.91. The summed E-state index contributed by atoms with van der Waals surface area (Å²) in [6.07, 6.45) is 10.6. The summed E-state index contributed by atoms with van der Waals surface area (Å²) in [6.45, 7) is 9.68. The Morgan fingerprint density at radius 1 is 1.32 bits per heavy atom. The molecule has 2 rings (SSSR count). The second-order valence-electron chi connectivity index (χ2n) is 7.24. The molecule has 0 radical (unpaired) electrons. The number of anilines is 1. The van der Waals surface area contributed by atoms with Crippen LogP contribution in [0.4, 0.5) is 5.69 Å². The number of allylic oxidation sites excluding steroid dienone is 6. The van der Waals surface area contributed by atoms with E-state index in [1.165, 1.54) is 6.20 Å². The molecule has 180 valence electrons. The highest BCUT2D eigenvalue weighted by atomic mass is 35.5. The normalized spacial score (nSPS) is 11.8. The van der Waals surface area contributed by atoms with Crippen molar-refractivity contribution >= 4 is 34.6 Å². The van der Waals surface area contributed by atoms with Gasteiger partial charge < -0.3 is 19.9 Å². The second-order valence-corrected chi connectivity index (χ2v) is 7.67. The lowest BCUT2D eigenvalue weighted by Gasteiger charge is -2.19. The van der Waals surface area contributed by atoms with Crippen LogP contribution in [0, 0.1) is 0 Å². The number of hydrogen-bond donors (Lipinski definition) is 2. The molecule has 34 heavy (non-hydrogen) atoms. The van der Waals surface area contributed by atoms with Crippen LogP contribution in [0.15, 0.2) is 72.5 Å². The molecule has 0 aliphatic rings.